The van der Waals surface area contributed by atoms with Crippen LogP contribution in [0.1, 0.15) is 12.8 Å². The van der Waals surface area contributed by atoms with Gasteiger partial charge in [-0.2, -0.15) is 0 Å². The van der Waals surface area contributed by atoms with Crippen molar-refractivity contribution < 1.29 is 9.53 Å². The molecule has 1 aromatic rings. The third-order valence-electron chi connectivity index (χ3n) is 2.25. The van der Waals surface area contributed by atoms with Crippen molar-refractivity contribution in [2.75, 3.05) is 26.4 Å². The molecule has 0 heterocycles. The van der Waals surface area contributed by atoms with Crippen molar-refractivity contribution in [3.63, 3.8) is 0 Å². The van der Waals surface area contributed by atoms with E-state index in [-0.39, 0.29) is 5.91 Å². The lowest BCUT2D eigenvalue weighted by molar-refractivity contribution is -0.128. The van der Waals surface area contributed by atoms with E-state index in [1.165, 1.54) is 0 Å². The molecule has 1 aromatic carbocycles. The van der Waals surface area contributed by atoms with Crippen LogP contribution < -0.4 is 10.5 Å². The molecule has 0 saturated heterocycles. The van der Waals surface area contributed by atoms with Crippen molar-refractivity contribution in [1.82, 2.24) is 4.90 Å². The zero-order chi connectivity index (χ0) is 12.8. The number of nitrogen functional groups attached to an aromatic ring is 1. The molecule has 1 amide bonds. The fraction of sp³-hybridized carbons (Fsp3) is 0.417. The van der Waals surface area contributed by atoms with Crippen LogP contribution in [-0.2, 0) is 4.79 Å². The van der Waals surface area contributed by atoms with Crippen molar-refractivity contribution in [2.45, 2.75) is 12.8 Å². The van der Waals surface area contributed by atoms with Crippen LogP contribution in [0.15, 0.2) is 18.2 Å². The summed E-state index contributed by atoms with van der Waals surface area (Å²) in [6.07, 6.45) is 1.12. The number of amides is 1. The van der Waals surface area contributed by atoms with Crippen LogP contribution in [0, 0.1) is 0 Å². The maximum absolute atomic E-state index is 11.3. The van der Waals surface area contributed by atoms with Gasteiger partial charge in [0.05, 0.1) is 11.6 Å². The molecule has 94 valence electrons. The van der Waals surface area contributed by atoms with Gasteiger partial charge in [0.1, 0.15) is 5.75 Å². The molecule has 0 aliphatic rings. The number of carbonyl (C=O) groups is 1. The zero-order valence-corrected chi connectivity index (χ0v) is 10.8. The molecule has 0 unspecified atom stereocenters. The van der Waals surface area contributed by atoms with E-state index >= 15 is 0 Å². The highest BCUT2D eigenvalue weighted by atomic mass is 35.5. The van der Waals surface area contributed by atoms with Crippen molar-refractivity contribution >= 4 is 23.2 Å². The van der Waals surface area contributed by atoms with E-state index in [4.69, 9.17) is 22.1 Å². The first-order chi connectivity index (χ1) is 8.00. The molecule has 0 fully saturated rings. The SMILES string of the molecule is CN(C)C(=O)CCCOc1cc(N)ccc1Cl. The smallest absolute Gasteiger partial charge is 0.222 e. The van der Waals surface area contributed by atoms with Crippen molar-refractivity contribution in [1.29, 1.82) is 0 Å². The summed E-state index contributed by atoms with van der Waals surface area (Å²) in [7, 11) is 3.47. The Hall–Kier alpha value is -1.42. The number of hydrogen-bond acceptors (Lipinski definition) is 3. The summed E-state index contributed by atoms with van der Waals surface area (Å²) < 4.78 is 5.47. The second-order valence-corrected chi connectivity index (χ2v) is 4.34. The molecule has 0 spiro atoms. The largest absolute Gasteiger partial charge is 0.492 e. The Bertz CT molecular complexity index is 394. The number of halogens is 1. The number of anilines is 1. The highest BCUT2D eigenvalue weighted by molar-refractivity contribution is 6.32. The van der Waals surface area contributed by atoms with E-state index < -0.39 is 0 Å². The highest BCUT2D eigenvalue weighted by Crippen LogP contribution is 2.26. The summed E-state index contributed by atoms with van der Waals surface area (Å²) in [4.78, 5) is 12.9. The van der Waals surface area contributed by atoms with Gasteiger partial charge in [-0.25, -0.2) is 0 Å². The maximum atomic E-state index is 11.3. The molecule has 0 atom stereocenters. The topological polar surface area (TPSA) is 55.6 Å². The minimum absolute atomic E-state index is 0.0901. The monoisotopic (exact) mass is 256 g/mol. The molecule has 2 N–H and O–H groups in total. The molecule has 0 aliphatic heterocycles. The minimum Gasteiger partial charge on any atom is -0.492 e. The molecule has 0 aromatic heterocycles. The summed E-state index contributed by atoms with van der Waals surface area (Å²) >= 11 is 5.93. The summed E-state index contributed by atoms with van der Waals surface area (Å²) in [6.45, 7) is 0.447. The summed E-state index contributed by atoms with van der Waals surface area (Å²) in [5, 5.41) is 0.526. The van der Waals surface area contributed by atoms with Gasteiger partial charge in [0.15, 0.2) is 0 Å². The molecule has 1 rings (SSSR count). The average molecular weight is 257 g/mol. The summed E-state index contributed by atoms with van der Waals surface area (Å²) in [6, 6.07) is 5.08. The Morgan fingerprint density at radius 3 is 2.82 bits per heavy atom. The van der Waals surface area contributed by atoms with E-state index in [0.29, 0.717) is 35.9 Å². The third-order valence-corrected chi connectivity index (χ3v) is 2.56. The van der Waals surface area contributed by atoms with E-state index in [0.717, 1.165) is 0 Å². The van der Waals surface area contributed by atoms with E-state index in [1.54, 1.807) is 37.2 Å². The fourth-order valence-corrected chi connectivity index (χ4v) is 1.43. The Balaban J connectivity index is 2.36. The fourth-order valence-electron chi connectivity index (χ4n) is 1.26. The lowest BCUT2D eigenvalue weighted by atomic mass is 10.3. The van der Waals surface area contributed by atoms with Crippen LogP contribution >= 0.6 is 11.6 Å². The predicted molar refractivity (Wildman–Crippen MR) is 69.3 cm³/mol. The highest BCUT2D eigenvalue weighted by Gasteiger charge is 2.05. The van der Waals surface area contributed by atoms with Crippen LogP contribution in [0.3, 0.4) is 0 Å². The number of hydrogen-bond donors (Lipinski definition) is 1. The van der Waals surface area contributed by atoms with Crippen LogP contribution in [0.2, 0.25) is 5.02 Å². The van der Waals surface area contributed by atoms with E-state index in [1.807, 2.05) is 0 Å². The Labute approximate surface area is 106 Å². The number of rotatable bonds is 5. The second-order valence-electron chi connectivity index (χ2n) is 3.93. The van der Waals surface area contributed by atoms with Gasteiger partial charge in [0, 0.05) is 32.3 Å². The number of carbonyl (C=O) groups excluding carboxylic acids is 1. The molecular weight excluding hydrogens is 240 g/mol. The van der Waals surface area contributed by atoms with Crippen LogP contribution in [0.4, 0.5) is 5.69 Å². The minimum atomic E-state index is 0.0901. The van der Waals surface area contributed by atoms with Gasteiger partial charge >= 0.3 is 0 Å². The standard InChI is InChI=1S/C12H17ClN2O2/c1-15(2)12(16)4-3-7-17-11-8-9(14)5-6-10(11)13/h5-6,8H,3-4,7,14H2,1-2H3. The molecule has 0 aliphatic carbocycles. The van der Waals surface area contributed by atoms with Crippen LogP contribution in [0.25, 0.3) is 0 Å². The lowest BCUT2D eigenvalue weighted by Crippen LogP contribution is -2.21. The van der Waals surface area contributed by atoms with Gasteiger partial charge in [-0.1, -0.05) is 11.6 Å². The number of ether oxygens (including phenoxy) is 1. The van der Waals surface area contributed by atoms with Crippen LogP contribution in [0.5, 0.6) is 5.75 Å². The molecule has 4 nitrogen and oxygen atoms in total. The van der Waals surface area contributed by atoms with Crippen molar-refractivity contribution in [3.8, 4) is 5.75 Å². The number of nitrogens with two attached hydrogens (primary N) is 1. The van der Waals surface area contributed by atoms with Crippen LogP contribution in [-0.4, -0.2) is 31.5 Å². The third kappa shape index (κ3) is 4.53. The van der Waals surface area contributed by atoms with Gasteiger partial charge in [-0.3, -0.25) is 4.79 Å². The summed E-state index contributed by atoms with van der Waals surface area (Å²) in [5.74, 6) is 0.649. The number of nitrogens with zero attached hydrogens (tertiary/aromatic N) is 1. The molecular formula is C12H17ClN2O2. The zero-order valence-electron chi connectivity index (χ0n) is 10.1. The first-order valence-electron chi connectivity index (χ1n) is 5.38. The molecule has 17 heavy (non-hydrogen) atoms. The average Bonchev–Trinajstić information content (AvgIpc) is 2.28. The molecule has 5 heteroatoms. The second kappa shape index (κ2) is 6.35. The Morgan fingerprint density at radius 2 is 2.18 bits per heavy atom. The van der Waals surface area contributed by atoms with E-state index in [2.05, 4.69) is 0 Å². The lowest BCUT2D eigenvalue weighted by Gasteiger charge is -2.11. The first kappa shape index (κ1) is 13.6. The van der Waals surface area contributed by atoms with E-state index in [9.17, 15) is 4.79 Å². The van der Waals surface area contributed by atoms with Gasteiger partial charge in [0.25, 0.3) is 0 Å². The van der Waals surface area contributed by atoms with Gasteiger partial charge < -0.3 is 15.4 Å². The summed E-state index contributed by atoms with van der Waals surface area (Å²) in [5.41, 5.74) is 6.23. The molecule has 0 saturated carbocycles. The predicted octanol–water partition coefficient (Wildman–Crippen LogP) is 2.17. The number of benzene rings is 1. The van der Waals surface area contributed by atoms with Crippen molar-refractivity contribution in [2.24, 2.45) is 0 Å². The molecule has 0 radical (unpaired) electrons. The Kier molecular flexibility index (Phi) is 5.10. The maximum Gasteiger partial charge on any atom is 0.222 e. The normalized spacial score (nSPS) is 10.1. The Morgan fingerprint density at radius 1 is 1.47 bits per heavy atom. The van der Waals surface area contributed by atoms with Gasteiger partial charge in [-0.15, -0.1) is 0 Å². The quantitative estimate of drug-likeness (QED) is 0.649. The van der Waals surface area contributed by atoms with Crippen molar-refractivity contribution in [3.05, 3.63) is 23.2 Å². The van der Waals surface area contributed by atoms with Gasteiger partial charge in [-0.05, 0) is 18.6 Å². The first-order valence-corrected chi connectivity index (χ1v) is 5.76. The molecule has 0 bridgehead atoms. The van der Waals surface area contributed by atoms with Gasteiger partial charge in [0.2, 0.25) is 5.91 Å².